The van der Waals surface area contributed by atoms with Crippen LogP contribution >= 0.6 is 0 Å². The van der Waals surface area contributed by atoms with Crippen molar-refractivity contribution in [3.8, 4) is 22.9 Å². The van der Waals surface area contributed by atoms with Gasteiger partial charge in [0, 0.05) is 42.5 Å². The SMILES string of the molecule is C[C@H]1Oc2cc(cnc2N(C(=O)OC(C)(C)C)C(=O)OC(C)(C)C)-c2c(nn(C)c2C#N)CN(C)C(=O)c2ccc(F)cc21. The summed E-state index contributed by atoms with van der Waals surface area (Å²) in [6.07, 6.45) is -1.77. The molecule has 4 rings (SSSR count). The number of nitriles is 1. The van der Waals surface area contributed by atoms with E-state index in [1.807, 2.05) is 0 Å². The van der Waals surface area contributed by atoms with Crippen LogP contribution in [0.1, 0.15) is 81.9 Å². The van der Waals surface area contributed by atoms with Gasteiger partial charge in [-0.2, -0.15) is 15.3 Å². The molecule has 3 aromatic rings. The molecule has 2 aromatic heterocycles. The number of aryl methyl sites for hydroxylation is 1. The number of imide groups is 1. The van der Waals surface area contributed by atoms with E-state index in [4.69, 9.17) is 14.2 Å². The summed E-state index contributed by atoms with van der Waals surface area (Å²) < 4.78 is 33.3. The van der Waals surface area contributed by atoms with Crippen LogP contribution in [0.5, 0.6) is 5.75 Å². The first kappa shape index (κ1) is 31.9. The maximum absolute atomic E-state index is 14.5. The van der Waals surface area contributed by atoms with Crippen LogP contribution in [0.2, 0.25) is 0 Å². The summed E-state index contributed by atoms with van der Waals surface area (Å²) in [4.78, 5) is 47.1. The molecular weight excluding hydrogens is 571 g/mol. The number of pyridine rings is 1. The fraction of sp³-hybridized carbons (Fsp3) is 0.419. The molecule has 1 aliphatic rings. The van der Waals surface area contributed by atoms with Gasteiger partial charge in [0.05, 0.1) is 12.2 Å². The molecule has 1 aliphatic heterocycles. The van der Waals surface area contributed by atoms with E-state index in [1.165, 1.54) is 40.0 Å². The van der Waals surface area contributed by atoms with E-state index in [1.54, 1.807) is 62.6 Å². The van der Waals surface area contributed by atoms with Gasteiger partial charge in [0.2, 0.25) is 0 Å². The van der Waals surface area contributed by atoms with Crippen LogP contribution in [0.4, 0.5) is 19.8 Å². The first-order valence-electron chi connectivity index (χ1n) is 13.8. The van der Waals surface area contributed by atoms with Gasteiger partial charge in [0.15, 0.2) is 11.6 Å². The van der Waals surface area contributed by atoms with Crippen molar-refractivity contribution in [2.75, 3.05) is 11.9 Å². The number of hydrogen-bond acceptors (Lipinski definition) is 9. The number of hydrogen-bond donors (Lipinski definition) is 0. The summed E-state index contributed by atoms with van der Waals surface area (Å²) in [5, 5.41) is 14.5. The van der Waals surface area contributed by atoms with Gasteiger partial charge in [-0.05, 0) is 72.7 Å². The van der Waals surface area contributed by atoms with Crippen LogP contribution in [0.15, 0.2) is 30.5 Å². The standard InChI is InChI=1S/C31H35FN6O6/c1-17-21-13-19(32)10-11-20(21)27(39)36(8)16-22-25(23(14-33)37(9)35-22)18-12-24(42-17)26(34-15-18)38(28(40)43-30(2,3)4)29(41)44-31(5,6)7/h10-13,15,17H,16H2,1-9H3/t17-/m1/s1. The molecule has 0 saturated carbocycles. The Morgan fingerprint density at radius 2 is 1.70 bits per heavy atom. The lowest BCUT2D eigenvalue weighted by Gasteiger charge is -2.29. The quantitative estimate of drug-likeness (QED) is 0.331. The van der Waals surface area contributed by atoms with Gasteiger partial charge < -0.3 is 19.1 Å². The largest absolute Gasteiger partial charge is 0.482 e. The maximum atomic E-state index is 14.5. The molecule has 0 N–H and O–H groups in total. The van der Waals surface area contributed by atoms with Crippen LogP contribution in [0, 0.1) is 17.1 Å². The monoisotopic (exact) mass is 606 g/mol. The second-order valence-corrected chi connectivity index (χ2v) is 12.4. The second kappa shape index (κ2) is 11.6. The van der Waals surface area contributed by atoms with Crippen LogP contribution in [0.25, 0.3) is 11.1 Å². The van der Waals surface area contributed by atoms with E-state index in [0.717, 1.165) is 0 Å². The lowest BCUT2D eigenvalue weighted by atomic mass is 10.00. The molecule has 13 heteroatoms. The average Bonchev–Trinajstić information content (AvgIpc) is 3.20. The molecule has 1 aromatic carbocycles. The number of anilines is 1. The molecule has 3 amide bonds. The number of carbonyl (C=O) groups is 3. The number of halogens is 1. The second-order valence-electron chi connectivity index (χ2n) is 12.4. The van der Waals surface area contributed by atoms with Crippen LogP contribution < -0.4 is 9.64 Å². The number of nitrogens with zero attached hydrogens (tertiary/aromatic N) is 6. The predicted molar refractivity (Wildman–Crippen MR) is 157 cm³/mol. The van der Waals surface area contributed by atoms with Crippen molar-refractivity contribution in [1.29, 1.82) is 5.26 Å². The number of rotatable bonds is 1. The highest BCUT2D eigenvalue weighted by Gasteiger charge is 2.37. The highest BCUT2D eigenvalue weighted by molar-refractivity contribution is 6.10. The summed E-state index contributed by atoms with van der Waals surface area (Å²) in [5.41, 5.74) is -0.272. The number of fused-ring (bicyclic) bond motifs is 5. The number of ether oxygens (including phenoxy) is 3. The van der Waals surface area contributed by atoms with E-state index in [9.17, 15) is 24.0 Å². The Balaban J connectivity index is 2.02. The average molecular weight is 607 g/mol. The summed E-state index contributed by atoms with van der Waals surface area (Å²) in [6, 6.07) is 7.36. The van der Waals surface area contributed by atoms with Gasteiger partial charge in [-0.15, -0.1) is 0 Å². The minimum atomic E-state index is -1.08. The van der Waals surface area contributed by atoms with Crippen molar-refractivity contribution in [2.45, 2.75) is 72.3 Å². The lowest BCUT2D eigenvalue weighted by Crippen LogP contribution is -2.44. The highest BCUT2D eigenvalue weighted by Crippen LogP contribution is 2.39. The Morgan fingerprint density at radius 1 is 1.09 bits per heavy atom. The fourth-order valence-electron chi connectivity index (χ4n) is 4.63. The van der Waals surface area contributed by atoms with Crippen LogP contribution in [-0.2, 0) is 23.1 Å². The van der Waals surface area contributed by atoms with Gasteiger partial charge in [-0.25, -0.2) is 19.0 Å². The molecule has 232 valence electrons. The lowest BCUT2D eigenvalue weighted by molar-refractivity contribution is 0.0426. The Morgan fingerprint density at radius 3 is 2.27 bits per heavy atom. The molecule has 12 nitrogen and oxygen atoms in total. The van der Waals surface area contributed by atoms with Crippen LogP contribution in [-0.4, -0.2) is 56.0 Å². The molecule has 2 bridgehead atoms. The van der Waals surface area contributed by atoms with Crippen molar-refractivity contribution in [2.24, 2.45) is 7.05 Å². The molecule has 0 saturated heterocycles. The molecule has 0 radical (unpaired) electrons. The minimum Gasteiger partial charge on any atom is -0.482 e. The van der Waals surface area contributed by atoms with Gasteiger partial charge in [0.1, 0.15) is 34.9 Å². The zero-order chi connectivity index (χ0) is 32.7. The molecule has 0 aliphatic carbocycles. The molecular formula is C31H35FN6O6. The Hall–Kier alpha value is -4.99. The van der Waals surface area contributed by atoms with E-state index in [0.29, 0.717) is 21.7 Å². The number of benzene rings is 1. The van der Waals surface area contributed by atoms with Crippen molar-refractivity contribution in [1.82, 2.24) is 19.7 Å². The molecule has 0 fully saturated rings. The fourth-order valence-corrected chi connectivity index (χ4v) is 4.63. The third-order valence-electron chi connectivity index (χ3n) is 6.43. The van der Waals surface area contributed by atoms with E-state index in [2.05, 4.69) is 16.2 Å². The number of amides is 3. The predicted octanol–water partition coefficient (Wildman–Crippen LogP) is 5.90. The summed E-state index contributed by atoms with van der Waals surface area (Å²) >= 11 is 0. The van der Waals surface area contributed by atoms with E-state index < -0.39 is 41.2 Å². The van der Waals surface area contributed by atoms with Gasteiger partial charge >= 0.3 is 12.2 Å². The molecule has 44 heavy (non-hydrogen) atoms. The normalized spacial score (nSPS) is 15.1. The number of aromatic nitrogens is 3. The van der Waals surface area contributed by atoms with Crippen molar-refractivity contribution < 1.29 is 33.0 Å². The third-order valence-corrected chi connectivity index (χ3v) is 6.43. The smallest absolute Gasteiger partial charge is 0.425 e. The van der Waals surface area contributed by atoms with Gasteiger partial charge in [0.25, 0.3) is 5.91 Å². The topological polar surface area (TPSA) is 140 Å². The zero-order valence-electron chi connectivity index (χ0n) is 26.2. The van der Waals surface area contributed by atoms with Gasteiger partial charge in [-0.1, -0.05) is 0 Å². The molecule has 3 heterocycles. The summed E-state index contributed by atoms with van der Waals surface area (Å²) in [6.45, 7) is 11.4. The maximum Gasteiger partial charge on any atom is 0.425 e. The zero-order valence-corrected chi connectivity index (χ0v) is 26.2. The van der Waals surface area contributed by atoms with Crippen LogP contribution in [0.3, 0.4) is 0 Å². The Bertz CT molecular complexity index is 1650. The molecule has 0 unspecified atom stereocenters. The van der Waals surface area contributed by atoms with Gasteiger partial charge in [-0.3, -0.25) is 9.48 Å². The summed E-state index contributed by atoms with van der Waals surface area (Å²) in [7, 11) is 3.17. The Labute approximate surface area is 254 Å². The van der Waals surface area contributed by atoms with E-state index >= 15 is 0 Å². The van der Waals surface area contributed by atoms with E-state index in [-0.39, 0.29) is 34.9 Å². The highest BCUT2D eigenvalue weighted by atomic mass is 19.1. The number of carbonyl (C=O) groups excluding carboxylic acids is 3. The molecule has 0 spiro atoms. The summed E-state index contributed by atoms with van der Waals surface area (Å²) in [5.74, 6) is -1.39. The minimum absolute atomic E-state index is 0.00870. The van der Waals surface area contributed by atoms with Crippen molar-refractivity contribution >= 4 is 23.9 Å². The van der Waals surface area contributed by atoms with Crippen molar-refractivity contribution in [3.05, 3.63) is 58.8 Å². The third kappa shape index (κ3) is 6.64. The Kier molecular flexibility index (Phi) is 8.42. The molecule has 1 atom stereocenters. The first-order valence-corrected chi connectivity index (χ1v) is 13.8. The van der Waals surface area contributed by atoms with Crippen molar-refractivity contribution in [3.63, 3.8) is 0 Å². The first-order chi connectivity index (χ1) is 20.4.